The predicted octanol–water partition coefficient (Wildman–Crippen LogP) is -2.52. The molecule has 1 rings (SSSR count). The summed E-state index contributed by atoms with van der Waals surface area (Å²) in [4.78, 5) is 83.3. The first-order valence-electron chi connectivity index (χ1n) is 12.0. The Hall–Kier alpha value is -3.28. The lowest BCUT2D eigenvalue weighted by atomic mass is 10.1. The van der Waals surface area contributed by atoms with E-state index in [9.17, 15) is 33.6 Å². The van der Waals surface area contributed by atoms with Crippen LogP contribution in [0.4, 0.5) is 0 Å². The lowest BCUT2D eigenvalue weighted by Gasteiger charge is -2.20. The maximum Gasteiger partial charge on any atom is 0.322 e. The largest absolute Gasteiger partial charge is 0.481 e. The van der Waals surface area contributed by atoms with Gasteiger partial charge < -0.3 is 41.2 Å². The number of thioether (sulfide) groups is 1. The molecule has 1 fully saturated rings. The summed E-state index contributed by atoms with van der Waals surface area (Å²) in [5, 5.41) is 29.9. The second-order valence-corrected chi connectivity index (χ2v) is 9.63. The zero-order valence-electron chi connectivity index (χ0n) is 21.3. The molecule has 4 amide bonds. The van der Waals surface area contributed by atoms with Crippen molar-refractivity contribution >= 4 is 53.3 Å². The summed E-state index contributed by atoms with van der Waals surface area (Å²) in [7, 11) is 0. The van der Waals surface area contributed by atoms with Crippen LogP contribution in [0.1, 0.15) is 26.2 Å². The van der Waals surface area contributed by atoms with Crippen molar-refractivity contribution in [2.75, 3.05) is 45.3 Å². The van der Waals surface area contributed by atoms with Crippen LogP contribution in [0.5, 0.6) is 0 Å². The minimum atomic E-state index is -1.32. The van der Waals surface area contributed by atoms with Gasteiger partial charge in [-0.1, -0.05) is 6.92 Å². The molecule has 7 N–H and O–H groups in total. The molecule has 39 heavy (non-hydrogen) atoms. The van der Waals surface area contributed by atoms with E-state index >= 15 is 0 Å². The average Bonchev–Trinajstić information content (AvgIpc) is 3.07. The van der Waals surface area contributed by atoms with Gasteiger partial charge >= 0.3 is 17.9 Å². The second kappa shape index (κ2) is 17.3. The number of rotatable bonds is 20. The van der Waals surface area contributed by atoms with Crippen molar-refractivity contribution in [2.45, 2.75) is 43.5 Å². The molecule has 4 atom stereocenters. The zero-order chi connectivity index (χ0) is 29.5. The van der Waals surface area contributed by atoms with E-state index in [1.807, 2.05) is 0 Å². The number of carbonyl (C=O) groups excluding carboxylic acids is 4. The lowest BCUT2D eigenvalue weighted by molar-refractivity contribution is -0.141. The third-order valence-electron chi connectivity index (χ3n) is 5.42. The summed E-state index contributed by atoms with van der Waals surface area (Å²) < 4.78 is 10.4. The smallest absolute Gasteiger partial charge is 0.322 e. The first kappa shape index (κ1) is 33.7. The van der Waals surface area contributed by atoms with Crippen LogP contribution in [0.15, 0.2) is 0 Å². The quantitative estimate of drug-likeness (QED) is 0.0644. The van der Waals surface area contributed by atoms with Gasteiger partial charge in [-0.25, -0.2) is 0 Å². The molecule has 0 aliphatic carbocycles. The van der Waals surface area contributed by atoms with Crippen LogP contribution in [-0.4, -0.2) is 124 Å². The third kappa shape index (κ3) is 12.4. The van der Waals surface area contributed by atoms with E-state index in [-0.39, 0.29) is 58.0 Å². The van der Waals surface area contributed by atoms with Gasteiger partial charge in [0.05, 0.1) is 50.6 Å². The molecule has 1 aliphatic rings. The molecule has 0 spiro atoms. The molecule has 16 nitrogen and oxygen atoms in total. The Morgan fingerprint density at radius 2 is 1.62 bits per heavy atom. The highest BCUT2D eigenvalue weighted by Crippen LogP contribution is 2.30. The van der Waals surface area contributed by atoms with Gasteiger partial charge in [0.1, 0.15) is 18.6 Å². The molecule has 1 aliphatic heterocycles. The number of aliphatic carboxylic acids is 3. The minimum Gasteiger partial charge on any atom is -0.481 e. The molecule has 0 saturated carbocycles. The van der Waals surface area contributed by atoms with E-state index in [1.54, 1.807) is 6.92 Å². The van der Waals surface area contributed by atoms with E-state index < -0.39 is 71.3 Å². The molecule has 1 heterocycles. The maximum atomic E-state index is 12.9. The van der Waals surface area contributed by atoms with Gasteiger partial charge in [-0.3, -0.25) is 38.5 Å². The van der Waals surface area contributed by atoms with Crippen LogP contribution in [-0.2, 0) is 43.0 Å². The van der Waals surface area contributed by atoms with Crippen LogP contribution in [0.3, 0.4) is 0 Å². The van der Waals surface area contributed by atoms with Crippen LogP contribution < -0.4 is 16.4 Å². The number of nitrogens with zero attached hydrogens (tertiary/aromatic N) is 1. The molecule has 0 aromatic carbocycles. The SMILES string of the molecule is CC1C(=O)N(CCOCCOCCC(=O)O)C(=O)C1SCC(NC(=O)CCC(N)C(=O)O)C(=O)NCC(=O)O. The van der Waals surface area contributed by atoms with E-state index in [1.165, 1.54) is 0 Å². The Morgan fingerprint density at radius 1 is 0.974 bits per heavy atom. The Kier molecular flexibility index (Phi) is 15.0. The molecular formula is C22H34N4O12S. The van der Waals surface area contributed by atoms with Gasteiger partial charge in [-0.2, -0.15) is 0 Å². The third-order valence-corrected chi connectivity index (χ3v) is 6.91. The van der Waals surface area contributed by atoms with Gasteiger partial charge in [0.15, 0.2) is 0 Å². The van der Waals surface area contributed by atoms with Gasteiger partial charge in [0.2, 0.25) is 23.6 Å². The van der Waals surface area contributed by atoms with Crippen molar-refractivity contribution in [3.05, 3.63) is 0 Å². The molecular weight excluding hydrogens is 544 g/mol. The van der Waals surface area contributed by atoms with Gasteiger partial charge in [0, 0.05) is 12.2 Å². The summed E-state index contributed by atoms with van der Waals surface area (Å²) >= 11 is 0.942. The van der Waals surface area contributed by atoms with Crippen molar-refractivity contribution in [3.63, 3.8) is 0 Å². The number of carboxylic acid groups (broad SMARTS) is 3. The van der Waals surface area contributed by atoms with Crippen molar-refractivity contribution in [3.8, 4) is 0 Å². The van der Waals surface area contributed by atoms with E-state index in [0.29, 0.717) is 0 Å². The number of hydrogen-bond acceptors (Lipinski definition) is 11. The highest BCUT2D eigenvalue weighted by atomic mass is 32.2. The van der Waals surface area contributed by atoms with Crippen LogP contribution >= 0.6 is 11.8 Å². The fraction of sp³-hybridized carbons (Fsp3) is 0.682. The Balaban J connectivity index is 2.65. The number of nitrogens with one attached hydrogen (secondary N) is 2. The van der Waals surface area contributed by atoms with E-state index in [4.69, 9.17) is 30.5 Å². The number of hydrogen-bond donors (Lipinski definition) is 6. The molecule has 0 radical (unpaired) electrons. The zero-order valence-corrected chi connectivity index (χ0v) is 22.1. The van der Waals surface area contributed by atoms with Crippen molar-refractivity contribution in [1.82, 2.24) is 15.5 Å². The molecule has 0 bridgehead atoms. The fourth-order valence-electron chi connectivity index (χ4n) is 3.27. The topological polar surface area (TPSA) is 252 Å². The first-order valence-corrected chi connectivity index (χ1v) is 13.0. The van der Waals surface area contributed by atoms with Gasteiger partial charge in [0.25, 0.3) is 0 Å². The number of ether oxygens (including phenoxy) is 2. The van der Waals surface area contributed by atoms with Crippen LogP contribution in [0.25, 0.3) is 0 Å². The Labute approximate surface area is 227 Å². The summed E-state index contributed by atoms with van der Waals surface area (Å²) in [6, 6.07) is -2.55. The summed E-state index contributed by atoms with van der Waals surface area (Å²) in [5.74, 6) is -7.01. The Morgan fingerprint density at radius 3 is 2.21 bits per heavy atom. The molecule has 4 unspecified atom stereocenters. The number of likely N-dealkylation sites (tertiary alicyclic amines) is 1. The molecule has 1 saturated heterocycles. The minimum absolute atomic E-state index is 0.0264. The van der Waals surface area contributed by atoms with Gasteiger partial charge in [-0.15, -0.1) is 11.8 Å². The number of carbonyl (C=O) groups is 7. The predicted molar refractivity (Wildman–Crippen MR) is 133 cm³/mol. The highest BCUT2D eigenvalue weighted by Gasteiger charge is 2.45. The standard InChI is InChI=1S/C22H34N4O12S/c1-12-18(21(34)26(20(12)33)5-7-38-9-8-37-6-4-16(28)29)39-11-14(19(32)24-10-17(30)31)25-15(27)3-2-13(23)22(35)36/h12-14,18H,2-11,23H2,1H3,(H,24,32)(H,25,27)(H,28,29)(H,30,31)(H,35,36). The number of carboxylic acids is 3. The monoisotopic (exact) mass is 578 g/mol. The number of nitrogens with two attached hydrogens (primary N) is 1. The first-order chi connectivity index (χ1) is 18.3. The van der Waals surface area contributed by atoms with Crippen molar-refractivity contribution in [1.29, 1.82) is 0 Å². The Bertz CT molecular complexity index is 917. The van der Waals surface area contributed by atoms with Crippen molar-refractivity contribution in [2.24, 2.45) is 11.7 Å². The molecule has 0 aromatic rings. The van der Waals surface area contributed by atoms with E-state index in [0.717, 1.165) is 16.7 Å². The fourth-order valence-corrected chi connectivity index (χ4v) is 4.58. The second-order valence-electron chi connectivity index (χ2n) is 8.45. The average molecular weight is 579 g/mol. The molecule has 220 valence electrons. The number of amides is 4. The summed E-state index contributed by atoms with van der Waals surface area (Å²) in [6.45, 7) is 1.13. The normalized spacial score (nSPS) is 18.5. The van der Waals surface area contributed by atoms with Gasteiger partial charge in [-0.05, 0) is 6.42 Å². The van der Waals surface area contributed by atoms with Crippen molar-refractivity contribution < 1.29 is 58.4 Å². The summed E-state index contributed by atoms with van der Waals surface area (Å²) in [5.41, 5.74) is 5.38. The molecule has 17 heteroatoms. The number of imide groups is 1. The molecule has 0 aromatic heterocycles. The van der Waals surface area contributed by atoms with E-state index in [2.05, 4.69) is 10.6 Å². The van der Waals surface area contributed by atoms with Crippen LogP contribution in [0.2, 0.25) is 0 Å². The highest BCUT2D eigenvalue weighted by molar-refractivity contribution is 8.00. The maximum absolute atomic E-state index is 12.9. The van der Waals surface area contributed by atoms with Crippen LogP contribution in [0, 0.1) is 5.92 Å². The lowest BCUT2D eigenvalue weighted by Crippen LogP contribution is -2.50. The summed E-state index contributed by atoms with van der Waals surface area (Å²) in [6.07, 6.45) is -0.648.